The first-order valence-corrected chi connectivity index (χ1v) is 20.2. The zero-order chi connectivity index (χ0) is 42.8. The lowest BCUT2D eigenvalue weighted by Crippen LogP contribution is -2.38. The molecule has 0 aliphatic carbocycles. The fourth-order valence-electron chi connectivity index (χ4n) is 5.56. The Morgan fingerprint density at radius 2 is 0.984 bits per heavy atom. The number of azo groups is 3. The van der Waals surface area contributed by atoms with Crippen LogP contribution in [0, 0.1) is 0 Å². The molecule has 0 radical (unpaired) electrons. The molecule has 0 bridgehead atoms. The number of nitrogens with zero attached hydrogens (tertiary/aromatic N) is 9. The van der Waals surface area contributed by atoms with E-state index >= 15 is 0 Å². The number of benzene rings is 4. The molecule has 13 nitrogen and oxygen atoms in total. The molecular formula is C50H77N11O2. The average Bonchev–Trinajstić information content (AvgIpc) is 3.77. The number of hydrogen-bond donors (Lipinski definition) is 2. The van der Waals surface area contributed by atoms with Crippen molar-refractivity contribution in [2.45, 2.75) is 141 Å². The second kappa shape index (κ2) is 27.5. The van der Waals surface area contributed by atoms with E-state index in [9.17, 15) is 9.59 Å². The third-order valence-electron chi connectivity index (χ3n) is 8.76. The molecule has 1 amide bonds. The van der Waals surface area contributed by atoms with Crippen molar-refractivity contribution in [3.8, 4) is 0 Å². The molecule has 0 saturated carbocycles. The molecule has 0 spiro atoms. The summed E-state index contributed by atoms with van der Waals surface area (Å²) in [6, 6.07) is 33.7. The number of aromatic amines is 1. The summed E-state index contributed by atoms with van der Waals surface area (Å²) in [6.07, 6.45) is 6.56. The average molecular weight is 865 g/mol. The minimum atomic E-state index is -0.350. The Kier molecular flexibility index (Phi) is 24.8. The smallest absolute Gasteiger partial charge is 0.295 e. The van der Waals surface area contributed by atoms with Gasteiger partial charge in [0.05, 0.1) is 51.6 Å². The zero-order valence-corrected chi connectivity index (χ0v) is 35.8. The minimum absolute atomic E-state index is 0. The van der Waals surface area contributed by atoms with E-state index in [1.54, 1.807) is 21.8 Å². The number of hydrogen-bond acceptors (Lipinski definition) is 10. The number of nitrogens with two attached hydrogens (primary N) is 1. The van der Waals surface area contributed by atoms with Gasteiger partial charge >= 0.3 is 0 Å². The molecule has 13 heteroatoms. The van der Waals surface area contributed by atoms with Crippen molar-refractivity contribution in [3.63, 3.8) is 0 Å². The van der Waals surface area contributed by atoms with Crippen LogP contribution in [-0.2, 0) is 16.8 Å². The lowest BCUT2D eigenvalue weighted by atomic mass is 10.1. The number of unbranched alkanes of at least 4 members (excludes halogenated alkanes) is 2. The first-order valence-electron chi connectivity index (χ1n) is 20.2. The lowest BCUT2D eigenvalue weighted by Gasteiger charge is -2.27. The predicted octanol–water partition coefficient (Wildman–Crippen LogP) is 16.1. The molecule has 1 aliphatic rings. The van der Waals surface area contributed by atoms with Gasteiger partial charge in [-0.3, -0.25) is 14.7 Å². The van der Waals surface area contributed by atoms with Crippen LogP contribution in [0.2, 0.25) is 0 Å². The monoisotopic (exact) mass is 865 g/mol. The highest BCUT2D eigenvalue weighted by molar-refractivity contribution is 6.05. The maximum absolute atomic E-state index is 12.8. The molecule has 1 aliphatic heterocycles. The van der Waals surface area contributed by atoms with Crippen LogP contribution in [0.1, 0.15) is 131 Å². The Balaban J connectivity index is 0. The van der Waals surface area contributed by atoms with Gasteiger partial charge in [0.2, 0.25) is 5.91 Å². The molecular weight excluding hydrogens is 787 g/mol. The second-order valence-electron chi connectivity index (χ2n) is 16.1. The van der Waals surface area contributed by atoms with Crippen molar-refractivity contribution in [1.82, 2.24) is 14.8 Å². The Morgan fingerprint density at radius 1 is 0.587 bits per heavy atom. The van der Waals surface area contributed by atoms with Gasteiger partial charge in [-0.15, -0.1) is 5.11 Å². The highest BCUT2D eigenvalue weighted by atomic mass is 16.2. The fraction of sp³-hybridized carbons (Fsp3) is 0.420. The van der Waals surface area contributed by atoms with Crippen molar-refractivity contribution in [1.29, 1.82) is 0 Å². The molecule has 0 fully saturated rings. The van der Waals surface area contributed by atoms with Crippen LogP contribution >= 0.6 is 0 Å². The number of carbonyl (C=O) groups excluding carboxylic acids is 1. The maximum atomic E-state index is 12.8. The van der Waals surface area contributed by atoms with Gasteiger partial charge in [-0.25, -0.2) is 9.69 Å². The van der Waals surface area contributed by atoms with Crippen LogP contribution in [0.15, 0.2) is 150 Å². The molecule has 0 atom stereocenters. The van der Waals surface area contributed by atoms with E-state index in [4.69, 9.17) is 5.73 Å². The number of nitrogen functional groups attached to an aromatic ring is 1. The van der Waals surface area contributed by atoms with E-state index in [0.717, 1.165) is 78.4 Å². The molecule has 5 aromatic rings. The summed E-state index contributed by atoms with van der Waals surface area (Å²) in [4.78, 5) is 24.5. The molecule has 0 saturated heterocycles. The third-order valence-corrected chi connectivity index (χ3v) is 8.76. The number of carbonyl (C=O) groups is 1. The summed E-state index contributed by atoms with van der Waals surface area (Å²) in [5, 5.41) is 34.4. The topological polar surface area (TPSA) is 171 Å². The third kappa shape index (κ3) is 18.6. The van der Waals surface area contributed by atoms with Crippen molar-refractivity contribution < 1.29 is 6.22 Å². The summed E-state index contributed by atoms with van der Waals surface area (Å²) in [5.74, 6) is 0.142. The van der Waals surface area contributed by atoms with E-state index in [1.807, 2.05) is 139 Å². The highest BCUT2D eigenvalue weighted by Gasteiger charge is 2.32. The van der Waals surface area contributed by atoms with Gasteiger partial charge in [0.25, 0.3) is 5.56 Å². The number of nitrogens with one attached hydrogen (secondary N) is 1. The number of H-pyrrole nitrogens is 1. The van der Waals surface area contributed by atoms with E-state index < -0.39 is 0 Å². The van der Waals surface area contributed by atoms with Crippen LogP contribution < -0.4 is 11.3 Å². The number of amides is 1. The predicted molar refractivity (Wildman–Crippen MR) is 269 cm³/mol. The van der Waals surface area contributed by atoms with Crippen LogP contribution in [0.25, 0.3) is 0 Å². The summed E-state index contributed by atoms with van der Waals surface area (Å²) in [5.41, 5.74) is 11.7. The van der Waals surface area contributed by atoms with E-state index in [2.05, 4.69) is 54.7 Å². The van der Waals surface area contributed by atoms with Crippen LogP contribution in [0.5, 0.6) is 0 Å². The fourth-order valence-corrected chi connectivity index (χ4v) is 5.56. The summed E-state index contributed by atoms with van der Waals surface area (Å²) < 4.78 is 1.62. The molecule has 344 valence electrons. The van der Waals surface area contributed by atoms with Crippen LogP contribution in [-0.4, -0.2) is 31.9 Å². The first kappa shape index (κ1) is 56.6. The molecule has 1 aromatic heterocycles. The molecule has 2 heterocycles. The van der Waals surface area contributed by atoms with Gasteiger partial charge in [0.1, 0.15) is 0 Å². The number of aromatic nitrogens is 2. The van der Waals surface area contributed by atoms with Crippen LogP contribution in [0.3, 0.4) is 0 Å². The second-order valence-corrected chi connectivity index (χ2v) is 16.1. The summed E-state index contributed by atoms with van der Waals surface area (Å²) in [7, 11) is 0. The van der Waals surface area contributed by atoms with Gasteiger partial charge in [-0.2, -0.15) is 30.7 Å². The molecule has 63 heavy (non-hydrogen) atoms. The van der Waals surface area contributed by atoms with Crippen molar-refractivity contribution in [3.05, 3.63) is 125 Å². The molecule has 3 N–H and O–H groups in total. The standard InChI is InChI=1S/C23H28N6O.C12H11N3.C11H20N2O.4CH4.H2/c1-5-6-12-20-21(22(30)29(28-20)23(2,3)4)27-26-19-15-13-18(14-16-19)25-24-17-10-8-7-9-11-17;13-10-6-8-12(9-7-10)15-14-11-4-2-1-3-5-11;1-5-6-7-9-8-10(14)13(12-9)11(2,3)4;;;;;/h7-11,13-16,28H,5-6,12H2,1-4H3;1-9H,13H2;5-8H2,1-4H3;4*1H4;1H/i;;;;;;;1+1. The number of anilines is 1. The normalized spacial score (nSPS) is 12.3. The van der Waals surface area contributed by atoms with Gasteiger partial charge in [0.15, 0.2) is 5.69 Å². The quantitative estimate of drug-likeness (QED) is 0.0941. The Bertz CT molecular complexity index is 2230. The highest BCUT2D eigenvalue weighted by Crippen LogP contribution is 2.26. The maximum Gasteiger partial charge on any atom is 0.295 e. The molecule has 6 rings (SSSR count). The summed E-state index contributed by atoms with van der Waals surface area (Å²) >= 11 is 0. The van der Waals surface area contributed by atoms with Crippen LogP contribution in [0.4, 0.5) is 39.8 Å². The Labute approximate surface area is 379 Å². The molecule has 0 unspecified atom stereocenters. The van der Waals surface area contributed by atoms with Gasteiger partial charge in [0, 0.05) is 12.8 Å². The number of rotatable bonds is 12. The minimum Gasteiger partial charge on any atom is -0.399 e. The van der Waals surface area contributed by atoms with E-state index in [1.165, 1.54) is 0 Å². The van der Waals surface area contributed by atoms with E-state index in [-0.39, 0.29) is 53.7 Å². The van der Waals surface area contributed by atoms with Crippen molar-refractivity contribution >= 4 is 51.4 Å². The Morgan fingerprint density at radius 3 is 1.38 bits per heavy atom. The number of hydrazone groups is 1. The van der Waals surface area contributed by atoms with Crippen molar-refractivity contribution in [2.24, 2.45) is 35.8 Å². The van der Waals surface area contributed by atoms with Crippen molar-refractivity contribution in [2.75, 3.05) is 5.73 Å². The van der Waals surface area contributed by atoms with E-state index in [0.29, 0.717) is 17.8 Å². The Hall–Kier alpha value is -6.37. The number of aryl methyl sites for hydroxylation is 1. The molecule has 4 aromatic carbocycles. The largest absolute Gasteiger partial charge is 0.399 e. The zero-order valence-electron chi connectivity index (χ0n) is 35.8. The SMILES string of the molecule is C.C.C.C.CCCCC1=NN(C(C)(C)C)C(=O)C1.CCCCc1[nH]n(C(C)(C)C)c(=O)c1N=Nc1ccc(N=Nc2ccccc2)cc1.Nc1ccc(N=Nc2ccccc2)cc1.[2HH]. The summed E-state index contributed by atoms with van der Waals surface area (Å²) in [6.45, 7) is 16.3. The van der Waals surface area contributed by atoms with Gasteiger partial charge in [-0.1, -0.05) is 92.8 Å². The van der Waals surface area contributed by atoms with Gasteiger partial charge < -0.3 is 5.73 Å². The lowest BCUT2D eigenvalue weighted by molar-refractivity contribution is -0.133. The first-order chi connectivity index (χ1) is 28.2. The van der Waals surface area contributed by atoms with Gasteiger partial charge in [-0.05, 0) is 140 Å².